The molecule has 0 unspecified atom stereocenters. The van der Waals surface area contributed by atoms with Gasteiger partial charge in [-0.1, -0.05) is 19.3 Å². The minimum Gasteiger partial charge on any atom is -0.341 e. The lowest BCUT2D eigenvalue weighted by Gasteiger charge is -2.29. The molecule has 1 aliphatic carbocycles. The van der Waals surface area contributed by atoms with E-state index in [1.165, 1.54) is 44.5 Å². The third-order valence-corrected chi connectivity index (χ3v) is 4.24. The zero-order valence-corrected chi connectivity index (χ0v) is 11.1. The first-order valence-corrected chi connectivity index (χ1v) is 7.43. The third kappa shape index (κ3) is 2.53. The van der Waals surface area contributed by atoms with E-state index < -0.39 is 0 Å². The molecule has 1 aromatic rings. The molecule has 1 aromatic heterocycles. The smallest absolute Gasteiger partial charge is 0.205 e. The van der Waals surface area contributed by atoms with Crippen LogP contribution in [0.4, 0.5) is 5.95 Å². The molecule has 18 heavy (non-hydrogen) atoms. The summed E-state index contributed by atoms with van der Waals surface area (Å²) in [6.45, 7) is 4.44. The average Bonchev–Trinajstić information content (AvgIpc) is 2.75. The van der Waals surface area contributed by atoms with E-state index in [1.54, 1.807) is 0 Å². The van der Waals surface area contributed by atoms with Crippen LogP contribution < -0.4 is 10.2 Å². The van der Waals surface area contributed by atoms with E-state index in [0.717, 1.165) is 26.2 Å². The molecule has 0 amide bonds. The molecule has 0 radical (unpaired) electrons. The van der Waals surface area contributed by atoms with Gasteiger partial charge >= 0.3 is 0 Å². The summed E-state index contributed by atoms with van der Waals surface area (Å²) in [6, 6.07) is 0.687. The van der Waals surface area contributed by atoms with Crippen molar-refractivity contribution < 1.29 is 0 Å². The van der Waals surface area contributed by atoms with Crippen LogP contribution in [-0.2, 0) is 0 Å². The first kappa shape index (κ1) is 12.0. The van der Waals surface area contributed by atoms with Crippen molar-refractivity contribution in [2.24, 2.45) is 0 Å². The van der Waals surface area contributed by atoms with E-state index in [-0.39, 0.29) is 0 Å². The summed E-state index contributed by atoms with van der Waals surface area (Å²) in [6.07, 6.45) is 12.2. The molecule has 2 fully saturated rings. The molecular weight excluding hydrogens is 224 g/mol. The Morgan fingerprint density at radius 2 is 1.94 bits per heavy atom. The number of rotatable bonds is 2. The fraction of sp³-hybridized carbons (Fsp3) is 0.786. The summed E-state index contributed by atoms with van der Waals surface area (Å²) in [5.74, 6) is 1.20. The highest BCUT2D eigenvalue weighted by Gasteiger charge is 2.21. The highest BCUT2D eigenvalue weighted by molar-refractivity contribution is 5.32. The van der Waals surface area contributed by atoms with Crippen LogP contribution in [0.5, 0.6) is 0 Å². The average molecular weight is 248 g/mol. The van der Waals surface area contributed by atoms with Crippen LogP contribution in [0.2, 0.25) is 0 Å². The zero-order valence-electron chi connectivity index (χ0n) is 11.1. The van der Waals surface area contributed by atoms with Crippen LogP contribution in [0.15, 0.2) is 12.4 Å². The molecule has 1 saturated heterocycles. The maximum absolute atomic E-state index is 4.62. The van der Waals surface area contributed by atoms with Crippen molar-refractivity contribution in [1.29, 1.82) is 0 Å². The van der Waals surface area contributed by atoms with Gasteiger partial charge in [0.1, 0.15) is 0 Å². The lowest BCUT2D eigenvalue weighted by Crippen LogP contribution is -2.31. The van der Waals surface area contributed by atoms with Crippen LogP contribution in [0.1, 0.15) is 44.6 Å². The number of anilines is 1. The van der Waals surface area contributed by atoms with E-state index >= 15 is 0 Å². The molecule has 3 rings (SSSR count). The number of hydrogen-bond acceptors (Lipinski definition) is 3. The van der Waals surface area contributed by atoms with E-state index in [1.807, 2.05) is 6.20 Å². The normalized spacial score (nSPS) is 23.0. The van der Waals surface area contributed by atoms with Gasteiger partial charge in [-0.15, -0.1) is 0 Å². The summed E-state index contributed by atoms with van der Waals surface area (Å²) in [7, 11) is 0. The SMILES string of the molecule is c1cn(C2CCCCC2)c(N2CCCNCC2)n1. The Morgan fingerprint density at radius 3 is 2.83 bits per heavy atom. The molecular formula is C14H24N4. The second kappa shape index (κ2) is 5.74. The highest BCUT2D eigenvalue weighted by Crippen LogP contribution is 2.31. The lowest BCUT2D eigenvalue weighted by molar-refractivity contribution is 0.353. The molecule has 2 aliphatic rings. The molecule has 1 aliphatic heterocycles. The van der Waals surface area contributed by atoms with Gasteiger partial charge in [0, 0.05) is 38.1 Å². The summed E-state index contributed by atoms with van der Waals surface area (Å²) in [5, 5.41) is 3.46. The van der Waals surface area contributed by atoms with Gasteiger partial charge in [0.2, 0.25) is 5.95 Å². The molecule has 0 bridgehead atoms. The predicted molar refractivity (Wildman–Crippen MR) is 74.0 cm³/mol. The Balaban J connectivity index is 1.76. The van der Waals surface area contributed by atoms with E-state index in [2.05, 4.69) is 26.0 Å². The summed E-state index contributed by atoms with van der Waals surface area (Å²) >= 11 is 0. The number of nitrogens with one attached hydrogen (secondary N) is 1. The van der Waals surface area contributed by atoms with Gasteiger partial charge in [0.05, 0.1) is 0 Å². The Hall–Kier alpha value is -1.03. The number of nitrogens with zero attached hydrogens (tertiary/aromatic N) is 3. The predicted octanol–water partition coefficient (Wildman–Crippen LogP) is 2.19. The topological polar surface area (TPSA) is 33.1 Å². The van der Waals surface area contributed by atoms with Crippen molar-refractivity contribution in [2.45, 2.75) is 44.6 Å². The van der Waals surface area contributed by atoms with Gasteiger partial charge in [0.25, 0.3) is 0 Å². The summed E-state index contributed by atoms with van der Waals surface area (Å²) < 4.78 is 2.44. The molecule has 1 saturated carbocycles. The monoisotopic (exact) mass is 248 g/mol. The van der Waals surface area contributed by atoms with Crippen molar-refractivity contribution in [3.05, 3.63) is 12.4 Å². The van der Waals surface area contributed by atoms with Gasteiger partial charge in [-0.3, -0.25) is 0 Å². The molecule has 0 spiro atoms. The maximum Gasteiger partial charge on any atom is 0.205 e. The number of aromatic nitrogens is 2. The fourth-order valence-electron chi connectivity index (χ4n) is 3.24. The Bertz CT molecular complexity index is 360. The van der Waals surface area contributed by atoms with Gasteiger partial charge < -0.3 is 14.8 Å². The van der Waals surface area contributed by atoms with Crippen LogP contribution in [0, 0.1) is 0 Å². The molecule has 0 aromatic carbocycles. The van der Waals surface area contributed by atoms with Crippen LogP contribution in [0.25, 0.3) is 0 Å². The van der Waals surface area contributed by atoms with Crippen molar-refractivity contribution in [1.82, 2.24) is 14.9 Å². The second-order valence-electron chi connectivity index (χ2n) is 5.52. The molecule has 4 heteroatoms. The zero-order chi connectivity index (χ0) is 12.2. The highest BCUT2D eigenvalue weighted by atomic mass is 15.3. The maximum atomic E-state index is 4.62. The molecule has 4 nitrogen and oxygen atoms in total. The third-order valence-electron chi connectivity index (χ3n) is 4.24. The number of hydrogen-bond donors (Lipinski definition) is 1. The van der Waals surface area contributed by atoms with Crippen LogP contribution >= 0.6 is 0 Å². The number of imidazole rings is 1. The minimum absolute atomic E-state index is 0.687. The Labute approximate surface area is 109 Å². The first-order chi connectivity index (χ1) is 8.95. The van der Waals surface area contributed by atoms with Crippen molar-refractivity contribution >= 4 is 5.95 Å². The van der Waals surface area contributed by atoms with Gasteiger partial charge in [-0.05, 0) is 25.8 Å². The Kier molecular flexibility index (Phi) is 3.84. The molecule has 2 heterocycles. The van der Waals surface area contributed by atoms with E-state index in [4.69, 9.17) is 0 Å². The summed E-state index contributed by atoms with van der Waals surface area (Å²) in [5.41, 5.74) is 0. The first-order valence-electron chi connectivity index (χ1n) is 7.43. The van der Waals surface area contributed by atoms with Crippen molar-refractivity contribution in [3.63, 3.8) is 0 Å². The van der Waals surface area contributed by atoms with Crippen LogP contribution in [0.3, 0.4) is 0 Å². The largest absolute Gasteiger partial charge is 0.341 e. The molecule has 0 atom stereocenters. The minimum atomic E-state index is 0.687. The quantitative estimate of drug-likeness (QED) is 0.871. The van der Waals surface area contributed by atoms with E-state index in [9.17, 15) is 0 Å². The van der Waals surface area contributed by atoms with Crippen molar-refractivity contribution in [2.75, 3.05) is 31.1 Å². The van der Waals surface area contributed by atoms with Gasteiger partial charge in [-0.2, -0.15) is 0 Å². The fourth-order valence-corrected chi connectivity index (χ4v) is 3.24. The molecule has 100 valence electrons. The van der Waals surface area contributed by atoms with Crippen molar-refractivity contribution in [3.8, 4) is 0 Å². The second-order valence-corrected chi connectivity index (χ2v) is 5.52. The molecule has 1 N–H and O–H groups in total. The Morgan fingerprint density at radius 1 is 1.06 bits per heavy atom. The van der Waals surface area contributed by atoms with E-state index in [0.29, 0.717) is 6.04 Å². The standard InChI is InChI=1S/C14H24N4/c1-2-5-13(6-3-1)18-12-9-16-14(18)17-10-4-7-15-8-11-17/h9,12-13,15H,1-8,10-11H2. The van der Waals surface area contributed by atoms with Crippen LogP contribution in [-0.4, -0.2) is 35.7 Å². The summed E-state index contributed by atoms with van der Waals surface area (Å²) in [4.78, 5) is 7.07. The van der Waals surface area contributed by atoms with Gasteiger partial charge in [0.15, 0.2) is 0 Å². The van der Waals surface area contributed by atoms with Gasteiger partial charge in [-0.25, -0.2) is 4.98 Å². The lowest BCUT2D eigenvalue weighted by atomic mass is 9.95.